The fourth-order valence-corrected chi connectivity index (χ4v) is 0.593. The van der Waals surface area contributed by atoms with E-state index in [0.29, 0.717) is 0 Å². The van der Waals surface area contributed by atoms with Crippen LogP contribution in [0, 0.1) is 4.91 Å². The summed E-state index contributed by atoms with van der Waals surface area (Å²) in [5.41, 5.74) is 0. The molecular weight excluding hydrogens is 231 g/mol. The van der Waals surface area contributed by atoms with Crippen LogP contribution in [-0.2, 0) is 0 Å². The number of alkyl halides is 7. The van der Waals surface area contributed by atoms with Gasteiger partial charge in [0.1, 0.15) is 11.9 Å². The van der Waals surface area contributed by atoms with E-state index in [4.69, 9.17) is 4.91 Å². The van der Waals surface area contributed by atoms with Crippen LogP contribution in [0.2, 0.25) is 0 Å². The van der Waals surface area contributed by atoms with Crippen molar-refractivity contribution < 1.29 is 30.7 Å². The SMILES string of the molecule is O=NSC(F)(F)C(F)(F)C(F)(F)F. The highest BCUT2D eigenvalue weighted by atomic mass is 32.2. The Hall–Kier alpha value is -0.540. The van der Waals surface area contributed by atoms with Gasteiger partial charge < -0.3 is 0 Å². The Morgan fingerprint density at radius 1 is 0.923 bits per heavy atom. The third-order valence-corrected chi connectivity index (χ3v) is 1.43. The molecular formula is C3F7NOS. The highest BCUT2D eigenvalue weighted by Crippen LogP contribution is 2.51. The van der Waals surface area contributed by atoms with Crippen molar-refractivity contribution in [3.8, 4) is 0 Å². The molecule has 0 spiro atoms. The van der Waals surface area contributed by atoms with E-state index in [0.717, 1.165) is 0 Å². The molecule has 0 rings (SSSR count). The zero-order valence-corrected chi connectivity index (χ0v) is 6.23. The third-order valence-electron chi connectivity index (χ3n) is 0.873. The molecule has 0 saturated heterocycles. The van der Waals surface area contributed by atoms with Crippen LogP contribution in [0.4, 0.5) is 30.7 Å². The van der Waals surface area contributed by atoms with Crippen LogP contribution < -0.4 is 0 Å². The molecule has 13 heavy (non-hydrogen) atoms. The summed E-state index contributed by atoms with van der Waals surface area (Å²) in [7, 11) is 0. The van der Waals surface area contributed by atoms with Crippen LogP contribution in [-0.4, -0.2) is 17.4 Å². The van der Waals surface area contributed by atoms with E-state index in [1.54, 1.807) is 0 Å². The molecule has 0 aromatic heterocycles. The van der Waals surface area contributed by atoms with Gasteiger partial charge in [-0.25, -0.2) is 0 Å². The first kappa shape index (κ1) is 12.5. The van der Waals surface area contributed by atoms with Crippen molar-refractivity contribution in [2.45, 2.75) is 17.4 Å². The molecule has 0 aliphatic heterocycles. The first-order chi connectivity index (χ1) is 5.56. The van der Waals surface area contributed by atoms with Crippen LogP contribution in [0.1, 0.15) is 0 Å². The Labute approximate surface area is 70.6 Å². The van der Waals surface area contributed by atoms with Crippen LogP contribution in [0.15, 0.2) is 4.58 Å². The molecule has 0 fully saturated rings. The second-order valence-electron chi connectivity index (χ2n) is 1.75. The first-order valence-electron chi connectivity index (χ1n) is 2.39. The molecule has 78 valence electrons. The lowest BCUT2D eigenvalue weighted by Gasteiger charge is -2.24. The summed E-state index contributed by atoms with van der Waals surface area (Å²) in [5.74, 6) is -6.28. The van der Waals surface area contributed by atoms with E-state index >= 15 is 0 Å². The van der Waals surface area contributed by atoms with Gasteiger partial charge in [0.15, 0.2) is 0 Å². The molecule has 0 N–H and O–H groups in total. The zero-order valence-electron chi connectivity index (χ0n) is 5.41. The number of rotatable bonds is 3. The van der Waals surface area contributed by atoms with Crippen molar-refractivity contribution in [1.29, 1.82) is 0 Å². The average molecular weight is 231 g/mol. The molecule has 0 saturated carbocycles. The lowest BCUT2D eigenvalue weighted by molar-refractivity contribution is -0.330. The Morgan fingerprint density at radius 3 is 1.54 bits per heavy atom. The maximum atomic E-state index is 11.9. The highest BCUT2D eigenvalue weighted by molar-refractivity contribution is 7.99. The molecule has 0 aliphatic rings. The van der Waals surface area contributed by atoms with Gasteiger partial charge in [-0.15, -0.1) is 4.91 Å². The van der Waals surface area contributed by atoms with Gasteiger partial charge in [-0.2, -0.15) is 30.7 Å². The Morgan fingerprint density at radius 2 is 1.31 bits per heavy atom. The smallest absolute Gasteiger partial charge is 0.188 e. The molecule has 0 aliphatic carbocycles. The molecule has 0 atom stereocenters. The lowest BCUT2D eigenvalue weighted by Crippen LogP contribution is -2.49. The average Bonchev–Trinajstić information content (AvgIpc) is 1.84. The predicted octanol–water partition coefficient (Wildman–Crippen LogP) is 3.19. The van der Waals surface area contributed by atoms with Gasteiger partial charge >= 0.3 is 17.4 Å². The monoisotopic (exact) mass is 231 g/mol. The van der Waals surface area contributed by atoms with Crippen LogP contribution >= 0.6 is 11.9 Å². The number of hydrogen-bond acceptors (Lipinski definition) is 3. The number of nitrogens with zero attached hydrogens (tertiary/aromatic N) is 1. The fraction of sp³-hybridized carbons (Fsp3) is 1.00. The molecule has 0 bridgehead atoms. The molecule has 0 aromatic carbocycles. The summed E-state index contributed by atoms with van der Waals surface area (Å²) >= 11 is -1.67. The van der Waals surface area contributed by atoms with Crippen molar-refractivity contribution in [2.75, 3.05) is 0 Å². The summed E-state index contributed by atoms with van der Waals surface area (Å²) in [6, 6.07) is 0. The highest BCUT2D eigenvalue weighted by Gasteiger charge is 2.74. The van der Waals surface area contributed by atoms with Crippen LogP contribution in [0.5, 0.6) is 0 Å². The van der Waals surface area contributed by atoms with Crippen molar-refractivity contribution >= 4 is 11.9 Å². The number of hydrogen-bond donors (Lipinski definition) is 0. The molecule has 0 amide bonds. The first-order valence-corrected chi connectivity index (χ1v) is 3.17. The third kappa shape index (κ3) is 2.23. The largest absolute Gasteiger partial charge is 0.460 e. The van der Waals surface area contributed by atoms with E-state index in [1.165, 1.54) is 4.58 Å². The van der Waals surface area contributed by atoms with E-state index in [9.17, 15) is 30.7 Å². The molecule has 10 heteroatoms. The van der Waals surface area contributed by atoms with Crippen molar-refractivity contribution in [3.05, 3.63) is 4.91 Å². The fourth-order valence-electron chi connectivity index (χ4n) is 0.269. The number of nitroso groups, excluding NO2 is 1. The standard InChI is InChI=1S/C3F7NOS/c4-1(5,2(6,7)8)3(9,10)13-11-12. The minimum absolute atomic E-state index is 1.22. The Bertz CT molecular complexity index is 200. The summed E-state index contributed by atoms with van der Waals surface area (Å²) in [5, 5.41) is -5.59. The summed E-state index contributed by atoms with van der Waals surface area (Å²) in [6.07, 6.45) is -6.42. The van der Waals surface area contributed by atoms with E-state index in [2.05, 4.69) is 0 Å². The Balaban J connectivity index is 4.91. The summed E-state index contributed by atoms with van der Waals surface area (Å²) < 4.78 is 82.4. The minimum Gasteiger partial charge on any atom is -0.188 e. The number of halogens is 7. The molecule has 0 unspecified atom stereocenters. The van der Waals surface area contributed by atoms with Gasteiger partial charge in [-0.1, -0.05) is 0 Å². The molecule has 2 nitrogen and oxygen atoms in total. The van der Waals surface area contributed by atoms with Crippen LogP contribution in [0.25, 0.3) is 0 Å². The van der Waals surface area contributed by atoms with E-state index < -0.39 is 29.3 Å². The second kappa shape index (κ2) is 3.31. The maximum absolute atomic E-state index is 11.9. The lowest BCUT2D eigenvalue weighted by atomic mass is 10.3. The zero-order chi connectivity index (χ0) is 10.9. The van der Waals surface area contributed by atoms with Crippen molar-refractivity contribution in [3.63, 3.8) is 0 Å². The van der Waals surface area contributed by atoms with Crippen molar-refractivity contribution in [2.24, 2.45) is 4.58 Å². The van der Waals surface area contributed by atoms with Gasteiger partial charge in [-0.3, -0.25) is 0 Å². The molecule has 0 aromatic rings. The van der Waals surface area contributed by atoms with Gasteiger partial charge in [-0.05, 0) is 0 Å². The normalized spacial score (nSPS) is 14.4. The van der Waals surface area contributed by atoms with Gasteiger partial charge in [0.05, 0.1) is 0 Å². The second-order valence-corrected chi connectivity index (χ2v) is 2.60. The molecule has 0 radical (unpaired) electrons. The summed E-state index contributed by atoms with van der Waals surface area (Å²) in [6.45, 7) is 0. The summed E-state index contributed by atoms with van der Waals surface area (Å²) in [4.78, 5) is 9.13. The molecule has 0 heterocycles. The quantitative estimate of drug-likeness (QED) is 0.424. The van der Waals surface area contributed by atoms with E-state index in [1.807, 2.05) is 0 Å². The Kier molecular flexibility index (Phi) is 3.17. The maximum Gasteiger partial charge on any atom is 0.460 e. The topological polar surface area (TPSA) is 29.4 Å². The van der Waals surface area contributed by atoms with Crippen molar-refractivity contribution in [1.82, 2.24) is 0 Å². The minimum atomic E-state index is -6.42. The van der Waals surface area contributed by atoms with Gasteiger partial charge in [0.2, 0.25) is 0 Å². The van der Waals surface area contributed by atoms with Crippen LogP contribution in [0.3, 0.4) is 0 Å². The van der Waals surface area contributed by atoms with Gasteiger partial charge in [0.25, 0.3) is 0 Å². The van der Waals surface area contributed by atoms with Gasteiger partial charge in [0, 0.05) is 4.58 Å². The van der Waals surface area contributed by atoms with E-state index in [-0.39, 0.29) is 0 Å². The predicted molar refractivity (Wildman–Crippen MR) is 29.3 cm³/mol.